The molecule has 1 aliphatic carbocycles. The summed E-state index contributed by atoms with van der Waals surface area (Å²) in [5.41, 5.74) is -0.206. The van der Waals surface area contributed by atoms with Crippen molar-refractivity contribution in [1.82, 2.24) is 0 Å². The zero-order valence-electron chi connectivity index (χ0n) is 9.15. The summed E-state index contributed by atoms with van der Waals surface area (Å²) in [7, 11) is 0. The minimum atomic E-state index is -0.764. The summed E-state index contributed by atoms with van der Waals surface area (Å²) in [4.78, 5) is 11.5. The van der Waals surface area contributed by atoms with Crippen molar-refractivity contribution in [1.29, 1.82) is 5.26 Å². The first kappa shape index (κ1) is 12.1. The zero-order chi connectivity index (χ0) is 11.6. The molecule has 0 bridgehead atoms. The van der Waals surface area contributed by atoms with E-state index < -0.39 is 5.97 Å². The van der Waals surface area contributed by atoms with Crippen molar-refractivity contribution in [3.05, 3.63) is 11.0 Å². The van der Waals surface area contributed by atoms with Crippen LogP contribution in [-0.4, -0.2) is 16.8 Å². The molecule has 2 atom stereocenters. The highest BCUT2D eigenvalue weighted by Crippen LogP contribution is 2.59. The third-order valence-electron chi connectivity index (χ3n) is 2.92. The van der Waals surface area contributed by atoms with Crippen molar-refractivity contribution >= 4 is 17.7 Å². The molecule has 15 heavy (non-hydrogen) atoms. The van der Waals surface area contributed by atoms with Crippen LogP contribution in [0.25, 0.3) is 0 Å². The molecule has 1 saturated carbocycles. The van der Waals surface area contributed by atoms with E-state index in [1.165, 1.54) is 11.8 Å². The van der Waals surface area contributed by atoms with Gasteiger partial charge in [-0.25, -0.2) is 0 Å². The van der Waals surface area contributed by atoms with Gasteiger partial charge in [0, 0.05) is 0 Å². The second kappa shape index (κ2) is 4.28. The predicted molar refractivity (Wildman–Crippen MR) is 60.2 cm³/mol. The van der Waals surface area contributed by atoms with E-state index in [9.17, 15) is 4.79 Å². The quantitative estimate of drug-likeness (QED) is 0.747. The first-order valence-electron chi connectivity index (χ1n) is 4.92. The Hall–Kier alpha value is -0.950. The molecular formula is C11H15NO2S. The van der Waals surface area contributed by atoms with Crippen LogP contribution in [0.3, 0.4) is 0 Å². The first-order chi connectivity index (χ1) is 6.95. The van der Waals surface area contributed by atoms with Crippen LogP contribution in [0.15, 0.2) is 11.0 Å². The smallest absolute Gasteiger partial charge is 0.307 e. The lowest BCUT2D eigenvalue weighted by atomic mass is 10.1. The zero-order valence-corrected chi connectivity index (χ0v) is 9.97. The Kier molecular flexibility index (Phi) is 3.46. The second-order valence-electron chi connectivity index (χ2n) is 4.24. The summed E-state index contributed by atoms with van der Waals surface area (Å²) in [6.07, 6.45) is 1.81. The van der Waals surface area contributed by atoms with Gasteiger partial charge in [0.25, 0.3) is 0 Å². The van der Waals surface area contributed by atoms with Crippen LogP contribution in [0, 0.1) is 28.6 Å². The number of hydrogen-bond donors (Lipinski definition) is 1. The summed E-state index contributed by atoms with van der Waals surface area (Å²) >= 11 is 1.47. The standard InChI is InChI=1S/C11H15NO2S/c1-4-15-7(6-12)5-8-9(10(13)14)11(8,2)3/h5,8-9H,4H2,1-3H3,(H,13,14)/b7-5+/t8-,9?/m0/s1. The van der Waals surface area contributed by atoms with Gasteiger partial charge in [0.1, 0.15) is 6.07 Å². The first-order valence-corrected chi connectivity index (χ1v) is 5.91. The topological polar surface area (TPSA) is 61.1 Å². The maximum atomic E-state index is 10.9. The average molecular weight is 225 g/mol. The third kappa shape index (κ3) is 2.35. The lowest BCUT2D eigenvalue weighted by Gasteiger charge is -1.97. The molecule has 0 saturated heterocycles. The number of carbonyl (C=O) groups is 1. The van der Waals surface area contributed by atoms with Gasteiger partial charge in [-0.15, -0.1) is 11.8 Å². The van der Waals surface area contributed by atoms with Gasteiger partial charge in [-0.3, -0.25) is 4.79 Å². The molecule has 0 aromatic rings. The van der Waals surface area contributed by atoms with Crippen molar-refractivity contribution in [2.24, 2.45) is 17.3 Å². The van der Waals surface area contributed by atoms with Gasteiger partial charge in [-0.05, 0) is 17.1 Å². The van der Waals surface area contributed by atoms with E-state index >= 15 is 0 Å². The Morgan fingerprint density at radius 1 is 1.67 bits per heavy atom. The van der Waals surface area contributed by atoms with Crippen molar-refractivity contribution in [3.63, 3.8) is 0 Å². The number of thioether (sulfide) groups is 1. The second-order valence-corrected chi connectivity index (χ2v) is 5.54. The highest BCUT2D eigenvalue weighted by atomic mass is 32.2. The Morgan fingerprint density at radius 3 is 2.60 bits per heavy atom. The van der Waals surface area contributed by atoms with Crippen LogP contribution >= 0.6 is 11.8 Å². The number of hydrogen-bond acceptors (Lipinski definition) is 3. The molecule has 1 aliphatic rings. The molecule has 0 aromatic heterocycles. The highest BCUT2D eigenvalue weighted by Gasteiger charge is 2.61. The largest absolute Gasteiger partial charge is 0.481 e. The van der Waals surface area contributed by atoms with Crippen LogP contribution in [-0.2, 0) is 4.79 Å². The molecule has 0 radical (unpaired) electrons. The Balaban J connectivity index is 2.76. The average Bonchev–Trinajstić information content (AvgIpc) is 2.67. The van der Waals surface area contributed by atoms with E-state index in [0.29, 0.717) is 4.91 Å². The summed E-state index contributed by atoms with van der Waals surface area (Å²) in [5.74, 6) is -0.258. The molecule has 4 heteroatoms. The van der Waals surface area contributed by atoms with Gasteiger partial charge in [0.2, 0.25) is 0 Å². The molecule has 1 rings (SSSR count). The minimum absolute atomic E-state index is 0.00343. The van der Waals surface area contributed by atoms with Crippen molar-refractivity contribution in [2.75, 3.05) is 5.75 Å². The van der Waals surface area contributed by atoms with Gasteiger partial charge in [0.05, 0.1) is 10.8 Å². The van der Waals surface area contributed by atoms with Gasteiger partial charge < -0.3 is 5.11 Å². The van der Waals surface area contributed by atoms with Gasteiger partial charge in [0.15, 0.2) is 0 Å². The van der Waals surface area contributed by atoms with Crippen molar-refractivity contribution in [2.45, 2.75) is 20.8 Å². The summed E-state index contributed by atoms with van der Waals surface area (Å²) in [5, 5.41) is 17.8. The van der Waals surface area contributed by atoms with Crippen LogP contribution in [0.4, 0.5) is 0 Å². The molecule has 0 aliphatic heterocycles. The number of rotatable bonds is 4. The fraction of sp³-hybridized carbons (Fsp3) is 0.636. The SMILES string of the molecule is CCS/C(C#N)=C/[C@H]1C(C(=O)O)C1(C)C. The number of aliphatic carboxylic acids is 1. The van der Waals surface area contributed by atoms with Gasteiger partial charge in [-0.2, -0.15) is 5.26 Å². The molecule has 0 aromatic carbocycles. The number of carboxylic acids is 1. The maximum absolute atomic E-state index is 10.9. The number of nitrogens with zero attached hydrogens (tertiary/aromatic N) is 1. The molecule has 1 fully saturated rings. The van der Waals surface area contributed by atoms with Crippen LogP contribution in [0.5, 0.6) is 0 Å². The predicted octanol–water partition coefficient (Wildman–Crippen LogP) is 2.50. The van der Waals surface area contributed by atoms with E-state index in [1.54, 1.807) is 0 Å². The van der Waals surface area contributed by atoms with Gasteiger partial charge in [-0.1, -0.05) is 26.8 Å². The summed E-state index contributed by atoms with van der Waals surface area (Å²) in [6.45, 7) is 5.83. The van der Waals surface area contributed by atoms with E-state index in [2.05, 4.69) is 6.07 Å². The third-order valence-corrected chi connectivity index (χ3v) is 3.74. The lowest BCUT2D eigenvalue weighted by molar-refractivity contribution is -0.139. The van der Waals surface area contributed by atoms with Crippen molar-refractivity contribution in [3.8, 4) is 6.07 Å². The van der Waals surface area contributed by atoms with E-state index in [4.69, 9.17) is 10.4 Å². The van der Waals surface area contributed by atoms with Crippen LogP contribution in [0.2, 0.25) is 0 Å². The van der Waals surface area contributed by atoms with Crippen molar-refractivity contribution < 1.29 is 9.90 Å². The Morgan fingerprint density at radius 2 is 2.27 bits per heavy atom. The molecule has 3 nitrogen and oxygen atoms in total. The fourth-order valence-corrected chi connectivity index (χ4v) is 2.52. The fourth-order valence-electron chi connectivity index (χ4n) is 1.90. The minimum Gasteiger partial charge on any atom is -0.481 e. The Labute approximate surface area is 94.2 Å². The summed E-state index contributed by atoms with van der Waals surface area (Å²) < 4.78 is 0. The molecule has 0 amide bonds. The molecule has 82 valence electrons. The monoisotopic (exact) mass is 225 g/mol. The summed E-state index contributed by atoms with van der Waals surface area (Å²) in [6, 6.07) is 2.10. The molecule has 1 N–H and O–H groups in total. The normalized spacial score (nSPS) is 28.3. The highest BCUT2D eigenvalue weighted by molar-refractivity contribution is 8.03. The van der Waals surface area contributed by atoms with Gasteiger partial charge >= 0.3 is 5.97 Å². The molecule has 0 heterocycles. The maximum Gasteiger partial charge on any atom is 0.307 e. The lowest BCUT2D eigenvalue weighted by Crippen LogP contribution is -2.03. The van der Waals surface area contributed by atoms with E-state index in [0.717, 1.165) is 5.75 Å². The molecule has 0 spiro atoms. The number of carboxylic acid groups (broad SMARTS) is 1. The Bertz CT molecular complexity index is 341. The molecular weight excluding hydrogens is 210 g/mol. The van der Waals surface area contributed by atoms with Crippen LogP contribution < -0.4 is 0 Å². The van der Waals surface area contributed by atoms with Crippen LogP contribution in [0.1, 0.15) is 20.8 Å². The van der Waals surface area contributed by atoms with E-state index in [-0.39, 0.29) is 17.3 Å². The number of allylic oxidation sites excluding steroid dienone is 2. The molecule has 1 unspecified atom stereocenters. The number of nitriles is 1. The van der Waals surface area contributed by atoms with E-state index in [1.807, 2.05) is 26.8 Å².